The van der Waals surface area contributed by atoms with Crippen molar-refractivity contribution in [3.63, 3.8) is 0 Å². The molecule has 0 heterocycles. The molecule has 0 rings (SSSR count). The highest BCUT2D eigenvalue weighted by Gasteiger charge is 2.09. The number of hydrogen-bond donors (Lipinski definition) is 4. The Morgan fingerprint density at radius 1 is 1.28 bits per heavy atom. The van der Waals surface area contributed by atoms with Gasteiger partial charge in [-0.3, -0.25) is 4.79 Å². The van der Waals surface area contributed by atoms with Crippen LogP contribution in [0.5, 0.6) is 0 Å². The van der Waals surface area contributed by atoms with E-state index < -0.39 is 12.0 Å². The summed E-state index contributed by atoms with van der Waals surface area (Å²) in [6, 6.07) is -0.753. The van der Waals surface area contributed by atoms with E-state index in [1.165, 1.54) is 0 Å². The summed E-state index contributed by atoms with van der Waals surface area (Å²) < 4.78 is 0. The predicted molar refractivity (Wildman–Crippen MR) is 75.5 cm³/mol. The van der Waals surface area contributed by atoms with Crippen LogP contribution < -0.4 is 11.5 Å². The average molecular weight is 296 g/mol. The Labute approximate surface area is 115 Å². The lowest BCUT2D eigenvalue weighted by atomic mass is 10.2. The molecule has 18 heavy (non-hydrogen) atoms. The van der Waals surface area contributed by atoms with Crippen molar-refractivity contribution in [2.75, 3.05) is 23.0 Å². The molecule has 8 heteroatoms. The van der Waals surface area contributed by atoms with Crippen LogP contribution in [0.3, 0.4) is 0 Å². The molecule has 0 aromatic rings. The van der Waals surface area contributed by atoms with E-state index in [2.05, 4.69) is 4.89 Å². The van der Waals surface area contributed by atoms with E-state index in [9.17, 15) is 4.79 Å². The maximum atomic E-state index is 10.4. The smallest absolute Gasteiger partial charge is 0.320 e. The topological polar surface area (TPSA) is 119 Å². The molecule has 0 fully saturated rings. The Hall–Kier alpha value is -0.570. The standard InChI is InChI=1S/C10H20N2O4S2/c11-8(10(13)14)3-5-18-7-6-17-4-1-2-9(12)16-15/h2,8,15H,1,3-7,11-12H2,(H,13,14)/b9-2+. The number of carboxylic acid groups (broad SMARTS) is 1. The summed E-state index contributed by atoms with van der Waals surface area (Å²) in [5.74, 6) is 2.69. The van der Waals surface area contributed by atoms with Gasteiger partial charge < -0.3 is 21.5 Å². The van der Waals surface area contributed by atoms with Gasteiger partial charge in [-0.25, -0.2) is 5.26 Å². The van der Waals surface area contributed by atoms with Crippen molar-refractivity contribution in [3.05, 3.63) is 12.0 Å². The van der Waals surface area contributed by atoms with Crippen LogP contribution in [0.4, 0.5) is 0 Å². The molecule has 0 aliphatic carbocycles. The van der Waals surface area contributed by atoms with Crippen molar-refractivity contribution >= 4 is 29.5 Å². The number of carboxylic acids is 1. The molecule has 6 nitrogen and oxygen atoms in total. The molecule has 106 valence electrons. The maximum absolute atomic E-state index is 10.4. The van der Waals surface area contributed by atoms with Crippen LogP contribution in [0, 0.1) is 0 Å². The second kappa shape index (κ2) is 11.5. The number of aliphatic carboxylic acids is 1. The van der Waals surface area contributed by atoms with Gasteiger partial charge in [-0.05, 0) is 30.4 Å². The fourth-order valence-corrected chi connectivity index (χ4v) is 3.03. The third kappa shape index (κ3) is 10.6. The first-order valence-electron chi connectivity index (χ1n) is 5.48. The van der Waals surface area contributed by atoms with Gasteiger partial charge >= 0.3 is 5.97 Å². The molecule has 0 aliphatic rings. The summed E-state index contributed by atoms with van der Waals surface area (Å²) in [6.07, 6.45) is 2.86. The first-order chi connectivity index (χ1) is 8.57. The summed E-state index contributed by atoms with van der Waals surface area (Å²) in [4.78, 5) is 14.3. The van der Waals surface area contributed by atoms with Gasteiger partial charge in [0.25, 0.3) is 0 Å². The highest BCUT2D eigenvalue weighted by molar-refractivity contribution is 8.02. The van der Waals surface area contributed by atoms with Gasteiger partial charge in [-0.15, -0.1) is 0 Å². The lowest BCUT2D eigenvalue weighted by molar-refractivity contribution is -0.204. The van der Waals surface area contributed by atoms with E-state index in [0.717, 1.165) is 29.4 Å². The van der Waals surface area contributed by atoms with E-state index in [1.54, 1.807) is 29.6 Å². The first-order valence-corrected chi connectivity index (χ1v) is 7.79. The second-order valence-corrected chi connectivity index (χ2v) is 5.89. The number of nitrogens with two attached hydrogens (primary N) is 2. The zero-order chi connectivity index (χ0) is 13.8. The van der Waals surface area contributed by atoms with Gasteiger partial charge in [0.05, 0.1) is 0 Å². The van der Waals surface area contributed by atoms with Crippen molar-refractivity contribution < 1.29 is 20.0 Å². The molecule has 0 radical (unpaired) electrons. The largest absolute Gasteiger partial charge is 0.480 e. The van der Waals surface area contributed by atoms with Crippen molar-refractivity contribution in [2.24, 2.45) is 11.5 Å². The van der Waals surface area contributed by atoms with Crippen molar-refractivity contribution in [1.82, 2.24) is 0 Å². The number of hydrogen-bond acceptors (Lipinski definition) is 7. The molecular formula is C10H20N2O4S2. The van der Waals surface area contributed by atoms with Gasteiger partial charge in [0.1, 0.15) is 6.04 Å². The third-order valence-electron chi connectivity index (χ3n) is 1.98. The van der Waals surface area contributed by atoms with Crippen LogP contribution in [0.1, 0.15) is 12.8 Å². The summed E-state index contributed by atoms with van der Waals surface area (Å²) in [7, 11) is 0. The van der Waals surface area contributed by atoms with E-state index in [0.29, 0.717) is 6.42 Å². The first kappa shape index (κ1) is 17.4. The van der Waals surface area contributed by atoms with Crippen LogP contribution in [0.2, 0.25) is 0 Å². The molecule has 0 spiro atoms. The molecule has 0 aromatic carbocycles. The van der Waals surface area contributed by atoms with Gasteiger partial charge in [-0.1, -0.05) is 0 Å². The quantitative estimate of drug-likeness (QED) is 0.192. The summed E-state index contributed by atoms with van der Waals surface area (Å²) in [5.41, 5.74) is 10.6. The Kier molecular flexibility index (Phi) is 11.2. The minimum atomic E-state index is -0.944. The molecule has 0 saturated carbocycles. The lowest BCUT2D eigenvalue weighted by Crippen LogP contribution is -2.30. The van der Waals surface area contributed by atoms with E-state index in [4.69, 9.17) is 21.8 Å². The van der Waals surface area contributed by atoms with Gasteiger partial charge in [0.15, 0.2) is 0 Å². The SMILES string of the molecule is N/C(=C\CCSCCSCCC(N)C(=O)O)OO. The van der Waals surface area contributed by atoms with Gasteiger partial charge in [0, 0.05) is 11.5 Å². The number of carbonyl (C=O) groups is 1. The Morgan fingerprint density at radius 3 is 2.44 bits per heavy atom. The van der Waals surface area contributed by atoms with E-state index in [-0.39, 0.29) is 5.88 Å². The van der Waals surface area contributed by atoms with Crippen LogP contribution >= 0.6 is 23.5 Å². The summed E-state index contributed by atoms with van der Waals surface area (Å²) in [6.45, 7) is 0. The highest BCUT2D eigenvalue weighted by atomic mass is 32.2. The van der Waals surface area contributed by atoms with Crippen LogP contribution in [0.25, 0.3) is 0 Å². The molecule has 1 atom stereocenters. The normalized spacial score (nSPS) is 13.3. The third-order valence-corrected chi connectivity index (χ3v) is 4.27. The molecule has 0 saturated heterocycles. The molecule has 1 unspecified atom stereocenters. The van der Waals surface area contributed by atoms with E-state index in [1.807, 2.05) is 0 Å². The Morgan fingerprint density at radius 2 is 1.89 bits per heavy atom. The molecule has 6 N–H and O–H groups in total. The summed E-state index contributed by atoms with van der Waals surface area (Å²) in [5, 5.41) is 16.7. The fraction of sp³-hybridized carbons (Fsp3) is 0.700. The fourth-order valence-electron chi connectivity index (χ4n) is 0.978. The Bertz CT molecular complexity index is 264. The Balaban J connectivity index is 3.24. The second-order valence-electron chi connectivity index (χ2n) is 3.44. The maximum Gasteiger partial charge on any atom is 0.320 e. The van der Waals surface area contributed by atoms with Crippen molar-refractivity contribution in [2.45, 2.75) is 18.9 Å². The number of rotatable bonds is 11. The van der Waals surface area contributed by atoms with Crippen LogP contribution in [-0.4, -0.2) is 45.4 Å². The van der Waals surface area contributed by atoms with Crippen molar-refractivity contribution in [1.29, 1.82) is 0 Å². The summed E-state index contributed by atoms with van der Waals surface area (Å²) >= 11 is 3.46. The van der Waals surface area contributed by atoms with Crippen molar-refractivity contribution in [3.8, 4) is 0 Å². The average Bonchev–Trinajstić information content (AvgIpc) is 2.35. The monoisotopic (exact) mass is 296 g/mol. The minimum Gasteiger partial charge on any atom is -0.480 e. The zero-order valence-electron chi connectivity index (χ0n) is 10.1. The van der Waals surface area contributed by atoms with Gasteiger partial charge in [0.2, 0.25) is 5.88 Å². The lowest BCUT2D eigenvalue weighted by Gasteiger charge is -2.05. The van der Waals surface area contributed by atoms with E-state index >= 15 is 0 Å². The predicted octanol–water partition coefficient (Wildman–Crippen LogP) is 0.935. The zero-order valence-corrected chi connectivity index (χ0v) is 11.7. The molecule has 0 bridgehead atoms. The number of thioether (sulfide) groups is 2. The molecular weight excluding hydrogens is 276 g/mol. The minimum absolute atomic E-state index is 0.0210. The molecule has 0 amide bonds. The van der Waals surface area contributed by atoms with Gasteiger partial charge in [-0.2, -0.15) is 23.5 Å². The molecule has 0 aromatic heterocycles. The van der Waals surface area contributed by atoms with Crippen LogP contribution in [0.15, 0.2) is 12.0 Å². The molecule has 0 aliphatic heterocycles. The number of allylic oxidation sites excluding steroid dienone is 1. The van der Waals surface area contributed by atoms with Crippen LogP contribution in [-0.2, 0) is 9.68 Å². The highest BCUT2D eigenvalue weighted by Crippen LogP contribution is 2.10.